The van der Waals surface area contributed by atoms with E-state index in [2.05, 4.69) is 10.2 Å². The van der Waals surface area contributed by atoms with Gasteiger partial charge in [0.15, 0.2) is 9.84 Å². The number of rotatable bonds is 5. The maximum atomic E-state index is 13.1. The van der Waals surface area contributed by atoms with Gasteiger partial charge in [0.05, 0.1) is 11.5 Å². The molecule has 3 rings (SSSR count). The molecule has 0 saturated carbocycles. The summed E-state index contributed by atoms with van der Waals surface area (Å²) < 4.78 is 36.5. The second-order valence-corrected chi connectivity index (χ2v) is 10.3. The van der Waals surface area contributed by atoms with E-state index in [0.29, 0.717) is 38.2 Å². The number of halogens is 1. The molecule has 1 aromatic carbocycles. The molecule has 0 aromatic heterocycles. The molecule has 9 heteroatoms. The Bertz CT molecular complexity index is 849. The molecule has 1 N–H and O–H groups in total. The van der Waals surface area contributed by atoms with Crippen LogP contribution in [0.3, 0.4) is 0 Å². The van der Waals surface area contributed by atoms with Crippen molar-refractivity contribution >= 4 is 21.7 Å². The molecule has 1 aromatic rings. The Morgan fingerprint density at radius 3 is 2.24 bits per heavy atom. The predicted octanol–water partition coefficient (Wildman–Crippen LogP) is 0.911. The zero-order valence-corrected chi connectivity index (χ0v) is 17.6. The molecule has 2 aliphatic heterocycles. The number of hydrogen-bond donors (Lipinski definition) is 1. The van der Waals surface area contributed by atoms with Crippen LogP contribution in [0.1, 0.15) is 30.6 Å². The van der Waals surface area contributed by atoms with E-state index in [0.717, 1.165) is 0 Å². The van der Waals surface area contributed by atoms with Crippen LogP contribution in [0.4, 0.5) is 4.39 Å². The van der Waals surface area contributed by atoms with Gasteiger partial charge in [-0.25, -0.2) is 12.8 Å². The number of amides is 2. The first-order chi connectivity index (χ1) is 13.7. The molecule has 160 valence electrons. The number of benzene rings is 1. The number of sulfone groups is 1. The van der Waals surface area contributed by atoms with Crippen LogP contribution in [0.25, 0.3) is 0 Å². The lowest BCUT2D eigenvalue weighted by atomic mass is 10.0. The predicted molar refractivity (Wildman–Crippen MR) is 108 cm³/mol. The molecule has 2 heterocycles. The molecule has 0 spiro atoms. The van der Waals surface area contributed by atoms with Crippen molar-refractivity contribution in [1.29, 1.82) is 0 Å². The number of hydrogen-bond acceptors (Lipinski definition) is 5. The quantitative estimate of drug-likeness (QED) is 0.758. The van der Waals surface area contributed by atoms with Crippen molar-refractivity contribution in [2.24, 2.45) is 5.92 Å². The lowest BCUT2D eigenvalue weighted by molar-refractivity contribution is -0.136. The molecule has 2 saturated heterocycles. The van der Waals surface area contributed by atoms with Gasteiger partial charge >= 0.3 is 0 Å². The topological polar surface area (TPSA) is 86.8 Å². The van der Waals surface area contributed by atoms with Crippen molar-refractivity contribution in [2.45, 2.75) is 32.4 Å². The number of carbonyl (C=O) groups excluding carboxylic acids is 2. The molecule has 0 radical (unpaired) electrons. The summed E-state index contributed by atoms with van der Waals surface area (Å²) in [7, 11) is -2.94. The summed E-state index contributed by atoms with van der Waals surface area (Å²) in [4.78, 5) is 29.4. The molecule has 2 fully saturated rings. The Morgan fingerprint density at radius 2 is 1.72 bits per heavy atom. The van der Waals surface area contributed by atoms with Gasteiger partial charge in [0.1, 0.15) is 11.9 Å². The average molecular weight is 426 g/mol. The summed E-state index contributed by atoms with van der Waals surface area (Å²) >= 11 is 0. The van der Waals surface area contributed by atoms with Crippen LogP contribution in [0, 0.1) is 11.7 Å². The van der Waals surface area contributed by atoms with Gasteiger partial charge in [-0.1, -0.05) is 13.8 Å². The van der Waals surface area contributed by atoms with Gasteiger partial charge in [0.25, 0.3) is 5.91 Å². The molecule has 2 aliphatic rings. The Kier molecular flexibility index (Phi) is 6.58. The summed E-state index contributed by atoms with van der Waals surface area (Å²) in [5, 5.41) is 2.78. The first-order valence-corrected chi connectivity index (χ1v) is 11.8. The first-order valence-electron chi connectivity index (χ1n) is 9.96. The Hall–Kier alpha value is -2.00. The normalized spacial score (nSPS) is 23.2. The van der Waals surface area contributed by atoms with Crippen molar-refractivity contribution in [3.8, 4) is 0 Å². The van der Waals surface area contributed by atoms with E-state index < -0.39 is 27.6 Å². The van der Waals surface area contributed by atoms with Crippen LogP contribution in [0.2, 0.25) is 0 Å². The fourth-order valence-electron chi connectivity index (χ4n) is 3.91. The smallest absolute Gasteiger partial charge is 0.251 e. The van der Waals surface area contributed by atoms with E-state index in [1.165, 1.54) is 24.3 Å². The van der Waals surface area contributed by atoms with Crippen LogP contribution in [0.15, 0.2) is 24.3 Å². The summed E-state index contributed by atoms with van der Waals surface area (Å²) in [5.74, 6) is -0.651. The van der Waals surface area contributed by atoms with E-state index >= 15 is 0 Å². The maximum Gasteiger partial charge on any atom is 0.251 e. The van der Waals surface area contributed by atoms with Gasteiger partial charge in [-0.15, -0.1) is 0 Å². The van der Waals surface area contributed by atoms with Gasteiger partial charge in [0, 0.05) is 37.8 Å². The third-order valence-corrected chi connectivity index (χ3v) is 7.43. The summed E-state index contributed by atoms with van der Waals surface area (Å²) in [6.07, 6.45) is 0.651. The Labute approximate surface area is 171 Å². The SMILES string of the molecule is CC(C)[C@H](NC(=O)c1ccc(F)cc1)C(=O)N1CCN([C@@H]2CCS(=O)(=O)C2)CC1. The number of nitrogens with one attached hydrogen (secondary N) is 1. The lowest BCUT2D eigenvalue weighted by Gasteiger charge is -2.39. The van der Waals surface area contributed by atoms with Gasteiger partial charge in [-0.05, 0) is 36.6 Å². The van der Waals surface area contributed by atoms with Crippen molar-refractivity contribution in [1.82, 2.24) is 15.1 Å². The average Bonchev–Trinajstić information content (AvgIpc) is 3.05. The highest BCUT2D eigenvalue weighted by Gasteiger charge is 2.36. The second kappa shape index (κ2) is 8.79. The van der Waals surface area contributed by atoms with Crippen LogP contribution < -0.4 is 5.32 Å². The standard InChI is InChI=1S/C20H28FN3O4S/c1-14(2)18(22-19(25)15-3-5-16(21)6-4-15)20(26)24-10-8-23(9-11-24)17-7-12-29(27,28)13-17/h3-6,14,17-18H,7-13H2,1-2H3,(H,22,25)/t17-,18+/m1/s1. The molecule has 7 nitrogen and oxygen atoms in total. The van der Waals surface area contributed by atoms with E-state index in [4.69, 9.17) is 0 Å². The molecule has 29 heavy (non-hydrogen) atoms. The lowest BCUT2D eigenvalue weighted by Crippen LogP contribution is -2.57. The molecule has 2 atom stereocenters. The monoisotopic (exact) mass is 425 g/mol. The number of piperazine rings is 1. The Morgan fingerprint density at radius 1 is 1.10 bits per heavy atom. The molecular formula is C20H28FN3O4S. The van der Waals surface area contributed by atoms with E-state index in [1.54, 1.807) is 4.90 Å². The van der Waals surface area contributed by atoms with Crippen molar-refractivity contribution in [2.75, 3.05) is 37.7 Å². The van der Waals surface area contributed by atoms with Crippen LogP contribution in [-0.2, 0) is 14.6 Å². The zero-order chi connectivity index (χ0) is 21.2. The highest BCUT2D eigenvalue weighted by molar-refractivity contribution is 7.91. The van der Waals surface area contributed by atoms with E-state index in [9.17, 15) is 22.4 Å². The molecular weight excluding hydrogens is 397 g/mol. The third kappa shape index (κ3) is 5.33. The van der Waals surface area contributed by atoms with E-state index in [1.807, 2.05) is 13.8 Å². The maximum absolute atomic E-state index is 13.1. The van der Waals surface area contributed by atoms with Crippen molar-refractivity contribution < 1.29 is 22.4 Å². The molecule has 0 bridgehead atoms. The minimum Gasteiger partial charge on any atom is -0.340 e. The fraction of sp³-hybridized carbons (Fsp3) is 0.600. The Balaban J connectivity index is 1.58. The molecule has 0 aliphatic carbocycles. The third-order valence-electron chi connectivity index (χ3n) is 5.68. The molecule has 2 amide bonds. The molecule has 0 unspecified atom stereocenters. The van der Waals surface area contributed by atoms with E-state index in [-0.39, 0.29) is 29.4 Å². The fourth-order valence-corrected chi connectivity index (χ4v) is 5.67. The number of carbonyl (C=O) groups is 2. The summed E-state index contributed by atoms with van der Waals surface area (Å²) in [5.41, 5.74) is 0.303. The summed E-state index contributed by atoms with van der Waals surface area (Å²) in [6.45, 7) is 6.00. The highest BCUT2D eigenvalue weighted by atomic mass is 32.2. The van der Waals surface area contributed by atoms with Gasteiger partial charge in [-0.2, -0.15) is 0 Å². The van der Waals surface area contributed by atoms with Crippen LogP contribution in [-0.4, -0.2) is 79.8 Å². The van der Waals surface area contributed by atoms with Crippen LogP contribution >= 0.6 is 0 Å². The van der Waals surface area contributed by atoms with Gasteiger partial charge in [0.2, 0.25) is 5.91 Å². The first kappa shape index (κ1) is 21.7. The van der Waals surface area contributed by atoms with Crippen molar-refractivity contribution in [3.05, 3.63) is 35.6 Å². The zero-order valence-electron chi connectivity index (χ0n) is 16.8. The largest absolute Gasteiger partial charge is 0.340 e. The highest BCUT2D eigenvalue weighted by Crippen LogP contribution is 2.20. The summed E-state index contributed by atoms with van der Waals surface area (Å²) in [6, 6.07) is 4.57. The minimum absolute atomic E-state index is 0.0383. The second-order valence-electron chi connectivity index (χ2n) is 8.12. The minimum atomic E-state index is -2.94. The number of nitrogens with zero attached hydrogens (tertiary/aromatic N) is 2. The van der Waals surface area contributed by atoms with Gasteiger partial charge in [-0.3, -0.25) is 14.5 Å². The van der Waals surface area contributed by atoms with Crippen LogP contribution in [0.5, 0.6) is 0 Å². The van der Waals surface area contributed by atoms with Gasteiger partial charge < -0.3 is 10.2 Å². The van der Waals surface area contributed by atoms with Crippen molar-refractivity contribution in [3.63, 3.8) is 0 Å².